The van der Waals surface area contributed by atoms with Crippen LogP contribution in [0.15, 0.2) is 42.5 Å². The molecule has 7 heteroatoms. The van der Waals surface area contributed by atoms with Gasteiger partial charge in [-0.05, 0) is 42.7 Å². The molecule has 2 N–H and O–H groups in total. The molecule has 0 bridgehead atoms. The molecular formula is C21H22F2N2O3. The van der Waals surface area contributed by atoms with E-state index in [1.54, 1.807) is 7.11 Å². The van der Waals surface area contributed by atoms with E-state index in [9.17, 15) is 18.4 Å². The van der Waals surface area contributed by atoms with Gasteiger partial charge in [0.1, 0.15) is 5.75 Å². The number of nitrogens with one attached hydrogen (secondary N) is 2. The van der Waals surface area contributed by atoms with Crippen molar-refractivity contribution in [2.45, 2.75) is 31.1 Å². The van der Waals surface area contributed by atoms with Crippen molar-refractivity contribution >= 4 is 17.5 Å². The Morgan fingerprint density at radius 3 is 2.29 bits per heavy atom. The smallest absolute Gasteiger partial charge is 0.313 e. The van der Waals surface area contributed by atoms with Crippen LogP contribution < -0.4 is 15.4 Å². The zero-order valence-electron chi connectivity index (χ0n) is 15.6. The van der Waals surface area contributed by atoms with Crippen molar-refractivity contribution in [2.24, 2.45) is 0 Å². The summed E-state index contributed by atoms with van der Waals surface area (Å²) >= 11 is 0. The van der Waals surface area contributed by atoms with Crippen molar-refractivity contribution in [3.8, 4) is 5.75 Å². The largest absolute Gasteiger partial charge is 0.497 e. The predicted molar refractivity (Wildman–Crippen MR) is 101 cm³/mol. The van der Waals surface area contributed by atoms with Crippen LogP contribution in [0.1, 0.15) is 31.2 Å². The molecule has 0 saturated heterocycles. The third kappa shape index (κ3) is 4.30. The number of methoxy groups -OCH3 is 1. The number of hydrogen-bond donors (Lipinski definition) is 2. The zero-order valence-corrected chi connectivity index (χ0v) is 15.6. The van der Waals surface area contributed by atoms with Gasteiger partial charge in [-0.25, -0.2) is 8.78 Å². The molecule has 2 aromatic carbocycles. The second-order valence-corrected chi connectivity index (χ2v) is 6.98. The first-order valence-electron chi connectivity index (χ1n) is 9.12. The maximum absolute atomic E-state index is 13.2. The summed E-state index contributed by atoms with van der Waals surface area (Å²) in [6.45, 7) is 0.323. The van der Waals surface area contributed by atoms with Crippen LogP contribution in [0.4, 0.5) is 14.5 Å². The van der Waals surface area contributed by atoms with E-state index in [0.717, 1.165) is 49.1 Å². The molecule has 1 aliphatic carbocycles. The van der Waals surface area contributed by atoms with Gasteiger partial charge in [-0.15, -0.1) is 0 Å². The average molecular weight is 388 g/mol. The van der Waals surface area contributed by atoms with Crippen molar-refractivity contribution in [2.75, 3.05) is 19.0 Å². The van der Waals surface area contributed by atoms with Gasteiger partial charge in [0.15, 0.2) is 11.6 Å². The maximum atomic E-state index is 13.2. The first-order valence-corrected chi connectivity index (χ1v) is 9.12. The first-order chi connectivity index (χ1) is 13.4. The van der Waals surface area contributed by atoms with Gasteiger partial charge in [0.2, 0.25) is 0 Å². The summed E-state index contributed by atoms with van der Waals surface area (Å²) in [6.07, 6.45) is 3.90. The number of carbonyl (C=O) groups excluding carboxylic acids is 2. The molecular weight excluding hydrogens is 366 g/mol. The monoisotopic (exact) mass is 388 g/mol. The Labute approximate surface area is 162 Å². The third-order valence-electron chi connectivity index (χ3n) is 5.23. The van der Waals surface area contributed by atoms with Crippen LogP contribution in [0, 0.1) is 11.6 Å². The van der Waals surface area contributed by atoms with Crippen LogP contribution >= 0.6 is 0 Å². The van der Waals surface area contributed by atoms with E-state index in [-0.39, 0.29) is 11.1 Å². The number of carbonyl (C=O) groups is 2. The number of ether oxygens (including phenoxy) is 1. The van der Waals surface area contributed by atoms with E-state index in [2.05, 4.69) is 10.6 Å². The lowest BCUT2D eigenvalue weighted by molar-refractivity contribution is -0.136. The van der Waals surface area contributed by atoms with Crippen LogP contribution in [0.2, 0.25) is 0 Å². The van der Waals surface area contributed by atoms with Crippen molar-refractivity contribution in [1.82, 2.24) is 5.32 Å². The second kappa shape index (κ2) is 8.37. The molecule has 0 radical (unpaired) electrons. The second-order valence-electron chi connectivity index (χ2n) is 6.98. The molecule has 0 heterocycles. The molecule has 0 atom stereocenters. The van der Waals surface area contributed by atoms with Gasteiger partial charge in [-0.3, -0.25) is 9.59 Å². The summed E-state index contributed by atoms with van der Waals surface area (Å²) in [7, 11) is 1.60. The molecule has 0 spiro atoms. The molecule has 0 aliphatic heterocycles. The van der Waals surface area contributed by atoms with Crippen LogP contribution in [0.5, 0.6) is 5.75 Å². The van der Waals surface area contributed by atoms with E-state index in [0.29, 0.717) is 6.54 Å². The van der Waals surface area contributed by atoms with E-state index >= 15 is 0 Å². The fraction of sp³-hybridized carbons (Fsp3) is 0.333. The van der Waals surface area contributed by atoms with Crippen LogP contribution in [-0.4, -0.2) is 25.5 Å². The minimum absolute atomic E-state index is 0.0183. The van der Waals surface area contributed by atoms with Crippen LogP contribution in [-0.2, 0) is 15.0 Å². The van der Waals surface area contributed by atoms with Gasteiger partial charge in [-0.1, -0.05) is 25.0 Å². The average Bonchev–Trinajstić information content (AvgIpc) is 3.19. The number of rotatable bonds is 5. The molecule has 1 aliphatic rings. The van der Waals surface area contributed by atoms with E-state index in [4.69, 9.17) is 4.74 Å². The topological polar surface area (TPSA) is 67.4 Å². The summed E-state index contributed by atoms with van der Waals surface area (Å²) in [5, 5.41) is 4.97. The molecule has 0 aromatic heterocycles. The molecule has 3 rings (SSSR count). The maximum Gasteiger partial charge on any atom is 0.313 e. The predicted octanol–water partition coefficient (Wildman–Crippen LogP) is 3.54. The van der Waals surface area contributed by atoms with Crippen LogP contribution in [0.3, 0.4) is 0 Å². The fourth-order valence-corrected chi connectivity index (χ4v) is 3.66. The first kappa shape index (κ1) is 19.8. The summed E-state index contributed by atoms with van der Waals surface area (Å²) in [4.78, 5) is 24.3. The number of amides is 2. The Hall–Kier alpha value is -2.96. The Morgan fingerprint density at radius 1 is 1.00 bits per heavy atom. The normalized spacial score (nSPS) is 15.1. The van der Waals surface area contributed by atoms with Gasteiger partial charge in [-0.2, -0.15) is 0 Å². The third-order valence-corrected chi connectivity index (χ3v) is 5.23. The Kier molecular flexibility index (Phi) is 5.92. The number of halogens is 2. The number of hydrogen-bond acceptors (Lipinski definition) is 3. The fourth-order valence-electron chi connectivity index (χ4n) is 3.66. The van der Waals surface area contributed by atoms with Crippen LogP contribution in [0.25, 0.3) is 0 Å². The highest BCUT2D eigenvalue weighted by molar-refractivity contribution is 6.39. The van der Waals surface area contributed by atoms with Gasteiger partial charge in [0, 0.05) is 23.7 Å². The van der Waals surface area contributed by atoms with E-state index in [1.165, 1.54) is 6.07 Å². The Morgan fingerprint density at radius 2 is 1.68 bits per heavy atom. The summed E-state index contributed by atoms with van der Waals surface area (Å²) in [5.74, 6) is -3.10. The summed E-state index contributed by atoms with van der Waals surface area (Å²) in [6, 6.07) is 10.6. The van der Waals surface area contributed by atoms with Gasteiger partial charge in [0.05, 0.1) is 7.11 Å². The quantitative estimate of drug-likeness (QED) is 0.770. The number of benzene rings is 2. The number of anilines is 1. The van der Waals surface area contributed by atoms with Crippen molar-refractivity contribution < 1.29 is 23.1 Å². The molecule has 5 nitrogen and oxygen atoms in total. The Balaban J connectivity index is 1.64. The minimum atomic E-state index is -1.09. The van der Waals surface area contributed by atoms with Crippen molar-refractivity contribution in [1.29, 1.82) is 0 Å². The SMILES string of the molecule is COc1ccc(C2(CNC(=O)C(=O)Nc3ccc(F)c(F)c3)CCCC2)cc1. The molecule has 2 aromatic rings. The highest BCUT2D eigenvalue weighted by atomic mass is 19.2. The molecule has 28 heavy (non-hydrogen) atoms. The zero-order chi connectivity index (χ0) is 20.1. The van der Waals surface area contributed by atoms with Crippen molar-refractivity contribution in [3.63, 3.8) is 0 Å². The summed E-state index contributed by atoms with van der Waals surface area (Å²) < 4.78 is 31.4. The highest BCUT2D eigenvalue weighted by Gasteiger charge is 2.36. The van der Waals surface area contributed by atoms with Crippen molar-refractivity contribution in [3.05, 3.63) is 59.7 Å². The lowest BCUT2D eigenvalue weighted by Gasteiger charge is -2.30. The lowest BCUT2D eigenvalue weighted by Crippen LogP contribution is -2.43. The van der Waals surface area contributed by atoms with Gasteiger partial charge < -0.3 is 15.4 Å². The van der Waals surface area contributed by atoms with E-state index in [1.807, 2.05) is 24.3 Å². The lowest BCUT2D eigenvalue weighted by atomic mass is 9.78. The molecule has 2 amide bonds. The van der Waals surface area contributed by atoms with Gasteiger partial charge in [0.25, 0.3) is 0 Å². The molecule has 0 unspecified atom stereocenters. The minimum Gasteiger partial charge on any atom is -0.497 e. The summed E-state index contributed by atoms with van der Waals surface area (Å²) in [5.41, 5.74) is 0.876. The van der Waals surface area contributed by atoms with E-state index < -0.39 is 23.4 Å². The molecule has 148 valence electrons. The molecule has 1 saturated carbocycles. The molecule has 1 fully saturated rings. The Bertz CT molecular complexity index is 862. The highest BCUT2D eigenvalue weighted by Crippen LogP contribution is 2.41. The van der Waals surface area contributed by atoms with Gasteiger partial charge >= 0.3 is 11.8 Å². The standard InChI is InChI=1S/C21H22F2N2O3/c1-28-16-7-4-14(5-8-16)21(10-2-3-11-21)13-24-19(26)20(27)25-15-6-9-17(22)18(23)12-15/h4-9,12H,2-3,10-11,13H2,1H3,(H,24,26)(H,25,27).